The van der Waals surface area contributed by atoms with E-state index in [-0.39, 0.29) is 0 Å². The van der Waals surface area contributed by atoms with E-state index in [9.17, 15) is 0 Å². The van der Waals surface area contributed by atoms with Crippen LogP contribution in [0.3, 0.4) is 0 Å². The quantitative estimate of drug-likeness (QED) is 0.415. The van der Waals surface area contributed by atoms with E-state index in [2.05, 4.69) is 43.3 Å². The van der Waals surface area contributed by atoms with Crippen LogP contribution in [0.4, 0.5) is 0 Å². The predicted molar refractivity (Wildman–Crippen MR) is 100 cm³/mol. The Labute approximate surface area is 144 Å². The van der Waals surface area contributed by atoms with Gasteiger partial charge in [0, 0.05) is 0 Å². The third-order valence-corrected chi connectivity index (χ3v) is 3.89. The topological polar surface area (TPSA) is 30.8 Å². The fourth-order valence-corrected chi connectivity index (χ4v) is 2.66. The van der Waals surface area contributed by atoms with Crippen molar-refractivity contribution in [3.05, 3.63) is 76.4 Å². The first-order valence-electron chi connectivity index (χ1n) is 8.13. The number of hydrogen-bond acceptors (Lipinski definition) is 3. The molecule has 0 saturated carbocycles. The molecule has 0 bridgehead atoms. The summed E-state index contributed by atoms with van der Waals surface area (Å²) in [5.74, 6) is 0.924. The fraction of sp³-hybridized carbons (Fsp3) is 0.286. The number of benzene rings is 2. The molecule has 0 radical (unpaired) electrons. The van der Waals surface area contributed by atoms with Gasteiger partial charge in [0.05, 0.1) is 6.21 Å². The molecule has 0 fully saturated rings. The van der Waals surface area contributed by atoms with Crippen LogP contribution in [-0.4, -0.2) is 19.9 Å². The molecule has 3 heteroatoms. The molecule has 0 aromatic heterocycles. The summed E-state index contributed by atoms with van der Waals surface area (Å²) in [6, 6.07) is 12.6. The summed E-state index contributed by atoms with van der Waals surface area (Å²) in [6.07, 6.45) is 6.61. The van der Waals surface area contributed by atoms with Crippen molar-refractivity contribution in [2.45, 2.75) is 27.2 Å². The summed E-state index contributed by atoms with van der Waals surface area (Å²) < 4.78 is 5.76. The first-order chi connectivity index (χ1) is 11.6. The normalized spacial score (nSPS) is 11.3. The Hall–Kier alpha value is -2.55. The second-order valence-electron chi connectivity index (χ2n) is 5.75. The maximum Gasteiger partial charge on any atom is 0.120 e. The van der Waals surface area contributed by atoms with Crippen molar-refractivity contribution >= 4 is 6.21 Å². The SMILES string of the molecule is C/C=C/COc1cc(C)c(Cc2cccc(/C=N\OC)c2)c(C)c1. The molecule has 24 heavy (non-hydrogen) atoms. The maximum atomic E-state index is 5.76. The van der Waals surface area contributed by atoms with E-state index in [1.807, 2.05) is 31.2 Å². The van der Waals surface area contributed by atoms with Crippen LogP contribution in [0.5, 0.6) is 5.75 Å². The largest absolute Gasteiger partial charge is 0.490 e. The molecule has 0 aliphatic rings. The smallest absolute Gasteiger partial charge is 0.120 e. The van der Waals surface area contributed by atoms with Gasteiger partial charge in [-0.25, -0.2) is 0 Å². The third kappa shape index (κ3) is 4.98. The van der Waals surface area contributed by atoms with E-state index in [1.165, 1.54) is 22.3 Å². The van der Waals surface area contributed by atoms with Crippen LogP contribution in [0.2, 0.25) is 0 Å². The minimum Gasteiger partial charge on any atom is -0.490 e. The van der Waals surface area contributed by atoms with E-state index < -0.39 is 0 Å². The van der Waals surface area contributed by atoms with Crippen LogP contribution in [0, 0.1) is 13.8 Å². The van der Waals surface area contributed by atoms with Crippen molar-refractivity contribution in [1.29, 1.82) is 0 Å². The van der Waals surface area contributed by atoms with Gasteiger partial charge in [-0.2, -0.15) is 0 Å². The lowest BCUT2D eigenvalue weighted by atomic mass is 9.95. The van der Waals surface area contributed by atoms with Crippen LogP contribution in [0.25, 0.3) is 0 Å². The summed E-state index contributed by atoms with van der Waals surface area (Å²) >= 11 is 0. The highest BCUT2D eigenvalue weighted by Gasteiger charge is 2.07. The van der Waals surface area contributed by atoms with Gasteiger partial charge in [0.1, 0.15) is 19.5 Å². The van der Waals surface area contributed by atoms with Crippen molar-refractivity contribution in [1.82, 2.24) is 0 Å². The Bertz CT molecular complexity index is 709. The van der Waals surface area contributed by atoms with Gasteiger partial charge in [0.2, 0.25) is 0 Å². The second-order valence-corrected chi connectivity index (χ2v) is 5.75. The lowest BCUT2D eigenvalue weighted by Gasteiger charge is -2.13. The highest BCUT2D eigenvalue weighted by atomic mass is 16.6. The zero-order valence-electron chi connectivity index (χ0n) is 14.9. The van der Waals surface area contributed by atoms with E-state index in [4.69, 9.17) is 9.57 Å². The molecule has 2 aromatic rings. The van der Waals surface area contributed by atoms with Crippen molar-refractivity contribution in [3.63, 3.8) is 0 Å². The monoisotopic (exact) mass is 323 g/mol. The summed E-state index contributed by atoms with van der Waals surface area (Å²) in [7, 11) is 1.55. The second kappa shape index (κ2) is 8.92. The highest BCUT2D eigenvalue weighted by molar-refractivity contribution is 5.79. The first-order valence-corrected chi connectivity index (χ1v) is 8.13. The van der Waals surface area contributed by atoms with Crippen LogP contribution < -0.4 is 4.74 Å². The molecule has 0 heterocycles. The molecule has 0 N–H and O–H groups in total. The Morgan fingerprint density at radius 2 is 1.83 bits per heavy atom. The predicted octanol–water partition coefficient (Wildman–Crippen LogP) is 4.83. The lowest BCUT2D eigenvalue weighted by molar-refractivity contribution is 0.215. The van der Waals surface area contributed by atoms with Gasteiger partial charge < -0.3 is 9.57 Å². The number of hydrogen-bond donors (Lipinski definition) is 0. The molecule has 0 amide bonds. The third-order valence-electron chi connectivity index (χ3n) is 3.89. The first kappa shape index (κ1) is 17.8. The van der Waals surface area contributed by atoms with Gasteiger partial charge >= 0.3 is 0 Å². The Morgan fingerprint density at radius 3 is 2.50 bits per heavy atom. The van der Waals surface area contributed by atoms with Gasteiger partial charge in [-0.1, -0.05) is 35.5 Å². The van der Waals surface area contributed by atoms with Crippen LogP contribution in [-0.2, 0) is 11.3 Å². The van der Waals surface area contributed by atoms with E-state index in [0.29, 0.717) is 6.61 Å². The van der Waals surface area contributed by atoms with Gasteiger partial charge in [-0.15, -0.1) is 0 Å². The van der Waals surface area contributed by atoms with Gasteiger partial charge in [-0.3, -0.25) is 0 Å². The average Bonchev–Trinajstić information content (AvgIpc) is 2.57. The maximum absolute atomic E-state index is 5.76. The standard InChI is InChI=1S/C21H25NO2/c1-5-6-10-24-20-11-16(2)21(17(3)12-20)14-18-8-7-9-19(13-18)15-22-23-4/h5-9,11-13,15H,10,14H2,1-4H3/b6-5+,22-15-. The lowest BCUT2D eigenvalue weighted by Crippen LogP contribution is -2.00. The molecule has 0 aliphatic heterocycles. The van der Waals surface area contributed by atoms with Crippen LogP contribution in [0.1, 0.15) is 34.7 Å². The number of rotatable bonds is 7. The highest BCUT2D eigenvalue weighted by Crippen LogP contribution is 2.24. The summed E-state index contributed by atoms with van der Waals surface area (Å²) in [6.45, 7) is 6.88. The number of allylic oxidation sites excluding steroid dienone is 1. The number of nitrogens with zero attached hydrogens (tertiary/aromatic N) is 1. The molecule has 0 atom stereocenters. The summed E-state index contributed by atoms with van der Waals surface area (Å²) in [5.41, 5.74) is 6.14. The van der Waals surface area contributed by atoms with Crippen LogP contribution >= 0.6 is 0 Å². The number of aryl methyl sites for hydroxylation is 2. The molecular weight excluding hydrogens is 298 g/mol. The summed E-state index contributed by atoms with van der Waals surface area (Å²) in [5, 5.41) is 3.83. The molecule has 2 rings (SSSR count). The minimum atomic E-state index is 0.607. The van der Waals surface area contributed by atoms with E-state index in [1.54, 1.807) is 13.3 Å². The minimum absolute atomic E-state index is 0.607. The molecule has 0 spiro atoms. The molecule has 0 saturated heterocycles. The molecule has 126 valence electrons. The van der Waals surface area contributed by atoms with Crippen molar-refractivity contribution in [2.24, 2.45) is 5.16 Å². The van der Waals surface area contributed by atoms with E-state index in [0.717, 1.165) is 17.7 Å². The zero-order valence-corrected chi connectivity index (χ0v) is 14.9. The zero-order chi connectivity index (χ0) is 17.4. The Morgan fingerprint density at radius 1 is 1.08 bits per heavy atom. The van der Waals surface area contributed by atoms with E-state index >= 15 is 0 Å². The van der Waals surface area contributed by atoms with Gasteiger partial charge in [-0.05, 0) is 73.2 Å². The molecule has 3 nitrogen and oxygen atoms in total. The van der Waals surface area contributed by atoms with Crippen LogP contribution in [0.15, 0.2) is 53.7 Å². The van der Waals surface area contributed by atoms with Gasteiger partial charge in [0.25, 0.3) is 0 Å². The average molecular weight is 323 g/mol. The van der Waals surface area contributed by atoms with Crippen molar-refractivity contribution < 1.29 is 9.57 Å². The number of ether oxygens (including phenoxy) is 1. The Balaban J connectivity index is 2.19. The molecule has 0 aliphatic carbocycles. The van der Waals surface area contributed by atoms with Crippen molar-refractivity contribution in [3.8, 4) is 5.75 Å². The fourth-order valence-electron chi connectivity index (χ4n) is 2.66. The van der Waals surface area contributed by atoms with Crippen molar-refractivity contribution in [2.75, 3.05) is 13.7 Å². The number of oxime groups is 1. The summed E-state index contributed by atoms with van der Waals surface area (Å²) in [4.78, 5) is 4.75. The Kier molecular flexibility index (Phi) is 6.62. The molecular formula is C21H25NO2. The molecule has 2 aromatic carbocycles. The molecule has 0 unspecified atom stereocenters. The van der Waals surface area contributed by atoms with Gasteiger partial charge in [0.15, 0.2) is 0 Å².